The zero-order valence-electron chi connectivity index (χ0n) is 11.1. The van der Waals surface area contributed by atoms with Crippen molar-refractivity contribution in [3.05, 3.63) is 0 Å². The van der Waals surface area contributed by atoms with Crippen molar-refractivity contribution >= 4 is 17.8 Å². The SMILES string of the molecule is CCC1CC(CC)C2(C(=O)NC(=O)NC2=O)C1C. The number of hydrogen-bond donors (Lipinski definition) is 2. The molecule has 2 N–H and O–H groups in total. The van der Waals surface area contributed by atoms with Crippen LogP contribution in [0.5, 0.6) is 0 Å². The summed E-state index contributed by atoms with van der Waals surface area (Å²) in [5.41, 5.74) is -1.05. The highest BCUT2D eigenvalue weighted by atomic mass is 16.2. The Hall–Kier alpha value is -1.39. The van der Waals surface area contributed by atoms with Gasteiger partial charge in [-0.15, -0.1) is 0 Å². The van der Waals surface area contributed by atoms with Crippen molar-refractivity contribution in [1.82, 2.24) is 10.6 Å². The first kappa shape index (κ1) is 13.1. The molecule has 1 saturated heterocycles. The molecule has 4 amide bonds. The van der Waals surface area contributed by atoms with E-state index >= 15 is 0 Å². The van der Waals surface area contributed by atoms with Gasteiger partial charge in [-0.3, -0.25) is 20.2 Å². The van der Waals surface area contributed by atoms with Gasteiger partial charge in [0.2, 0.25) is 11.8 Å². The summed E-state index contributed by atoms with van der Waals surface area (Å²) >= 11 is 0. The van der Waals surface area contributed by atoms with Crippen molar-refractivity contribution in [2.24, 2.45) is 23.2 Å². The first-order chi connectivity index (χ1) is 8.48. The third-order valence-corrected chi connectivity index (χ3v) is 4.88. The average Bonchev–Trinajstić information content (AvgIpc) is 2.60. The molecule has 1 heterocycles. The Kier molecular flexibility index (Phi) is 3.17. The maximum Gasteiger partial charge on any atom is 0.328 e. The summed E-state index contributed by atoms with van der Waals surface area (Å²) in [6.07, 6.45) is 2.60. The van der Waals surface area contributed by atoms with Crippen LogP contribution in [0.1, 0.15) is 40.0 Å². The van der Waals surface area contributed by atoms with Crippen molar-refractivity contribution in [1.29, 1.82) is 0 Å². The normalized spacial score (nSPS) is 34.6. The number of hydrogen-bond acceptors (Lipinski definition) is 3. The van der Waals surface area contributed by atoms with E-state index in [0.717, 1.165) is 19.3 Å². The predicted molar refractivity (Wildman–Crippen MR) is 65.5 cm³/mol. The van der Waals surface area contributed by atoms with E-state index in [2.05, 4.69) is 17.6 Å². The van der Waals surface area contributed by atoms with Gasteiger partial charge in [-0.1, -0.05) is 33.6 Å². The number of rotatable bonds is 2. The molecule has 0 aromatic heterocycles. The number of nitrogens with one attached hydrogen (secondary N) is 2. The van der Waals surface area contributed by atoms with Gasteiger partial charge in [0.25, 0.3) is 0 Å². The summed E-state index contributed by atoms with van der Waals surface area (Å²) in [5, 5.41) is 4.54. The molecule has 2 rings (SSSR count). The zero-order valence-corrected chi connectivity index (χ0v) is 11.1. The van der Waals surface area contributed by atoms with E-state index in [4.69, 9.17) is 0 Å². The van der Waals surface area contributed by atoms with Crippen molar-refractivity contribution < 1.29 is 14.4 Å². The van der Waals surface area contributed by atoms with Crippen LogP contribution in [0.25, 0.3) is 0 Å². The van der Waals surface area contributed by atoms with Gasteiger partial charge < -0.3 is 0 Å². The van der Waals surface area contributed by atoms with Crippen LogP contribution in [0.2, 0.25) is 0 Å². The Balaban J connectivity index is 2.46. The lowest BCUT2D eigenvalue weighted by molar-refractivity contribution is -0.150. The van der Waals surface area contributed by atoms with E-state index in [1.165, 1.54) is 0 Å². The number of carbonyl (C=O) groups excluding carboxylic acids is 3. The maximum absolute atomic E-state index is 12.3. The van der Waals surface area contributed by atoms with Gasteiger partial charge in [0.1, 0.15) is 5.41 Å². The van der Waals surface area contributed by atoms with E-state index in [0.29, 0.717) is 5.92 Å². The zero-order chi connectivity index (χ0) is 13.5. The van der Waals surface area contributed by atoms with E-state index < -0.39 is 23.3 Å². The standard InChI is InChI=1S/C13H20N2O3/c1-4-8-6-9(5-2)13(7(8)3)10(16)14-12(18)15-11(13)17/h7-9H,4-6H2,1-3H3,(H2,14,15,16,17,18). The fraction of sp³-hybridized carbons (Fsp3) is 0.769. The Morgan fingerprint density at radius 1 is 1.11 bits per heavy atom. The molecule has 2 aliphatic rings. The number of urea groups is 1. The molecule has 3 unspecified atom stereocenters. The highest BCUT2D eigenvalue weighted by Gasteiger charge is 2.63. The summed E-state index contributed by atoms with van der Waals surface area (Å²) in [6.45, 7) is 6.03. The summed E-state index contributed by atoms with van der Waals surface area (Å²) in [7, 11) is 0. The largest absolute Gasteiger partial charge is 0.328 e. The summed E-state index contributed by atoms with van der Waals surface area (Å²) in [4.78, 5) is 35.8. The third-order valence-electron chi connectivity index (χ3n) is 4.88. The molecule has 1 aliphatic carbocycles. The lowest BCUT2D eigenvalue weighted by Gasteiger charge is -2.38. The summed E-state index contributed by atoms with van der Waals surface area (Å²) in [5.74, 6) is -0.469. The van der Waals surface area contributed by atoms with Crippen LogP contribution in [0.3, 0.4) is 0 Å². The molecule has 0 bridgehead atoms. The first-order valence-electron chi connectivity index (χ1n) is 6.65. The molecule has 0 radical (unpaired) electrons. The number of carbonyl (C=O) groups is 3. The highest BCUT2D eigenvalue weighted by molar-refractivity contribution is 6.19. The van der Waals surface area contributed by atoms with E-state index in [1.54, 1.807) is 0 Å². The van der Waals surface area contributed by atoms with Crippen molar-refractivity contribution in [3.8, 4) is 0 Å². The van der Waals surface area contributed by atoms with Gasteiger partial charge in [-0.25, -0.2) is 4.79 Å². The molecule has 5 heteroatoms. The van der Waals surface area contributed by atoms with Gasteiger partial charge in [0, 0.05) is 0 Å². The summed E-state index contributed by atoms with van der Waals surface area (Å²) in [6, 6.07) is -0.697. The Bertz CT molecular complexity index is 381. The van der Waals surface area contributed by atoms with Gasteiger partial charge in [0.05, 0.1) is 0 Å². The van der Waals surface area contributed by atoms with Gasteiger partial charge in [-0.2, -0.15) is 0 Å². The number of amides is 4. The molecular formula is C13H20N2O3. The van der Waals surface area contributed by atoms with Crippen molar-refractivity contribution in [2.45, 2.75) is 40.0 Å². The first-order valence-corrected chi connectivity index (χ1v) is 6.65. The number of imide groups is 2. The average molecular weight is 252 g/mol. The molecule has 2 fully saturated rings. The van der Waals surface area contributed by atoms with E-state index in [-0.39, 0.29) is 11.8 Å². The van der Waals surface area contributed by atoms with Crippen molar-refractivity contribution in [3.63, 3.8) is 0 Å². The Morgan fingerprint density at radius 3 is 2.11 bits per heavy atom. The van der Waals surface area contributed by atoms with Crippen LogP contribution in [0, 0.1) is 23.2 Å². The lowest BCUT2D eigenvalue weighted by atomic mass is 9.68. The molecule has 1 saturated carbocycles. The smallest absolute Gasteiger partial charge is 0.277 e. The van der Waals surface area contributed by atoms with Crippen LogP contribution in [-0.2, 0) is 9.59 Å². The van der Waals surface area contributed by atoms with Crippen molar-refractivity contribution in [2.75, 3.05) is 0 Å². The fourth-order valence-corrected chi connectivity index (χ4v) is 3.84. The van der Waals surface area contributed by atoms with E-state index in [1.807, 2.05) is 13.8 Å². The second kappa shape index (κ2) is 4.37. The van der Waals surface area contributed by atoms with Gasteiger partial charge in [-0.05, 0) is 24.2 Å². The van der Waals surface area contributed by atoms with Gasteiger partial charge >= 0.3 is 6.03 Å². The Labute approximate surface area is 107 Å². The minimum absolute atomic E-state index is 0.0190. The molecule has 18 heavy (non-hydrogen) atoms. The topological polar surface area (TPSA) is 75.3 Å². The molecular weight excluding hydrogens is 232 g/mol. The van der Waals surface area contributed by atoms with Crippen LogP contribution in [-0.4, -0.2) is 17.8 Å². The van der Waals surface area contributed by atoms with E-state index in [9.17, 15) is 14.4 Å². The monoisotopic (exact) mass is 252 g/mol. The summed E-state index contributed by atoms with van der Waals surface area (Å²) < 4.78 is 0. The molecule has 100 valence electrons. The van der Waals surface area contributed by atoms with Crippen LogP contribution in [0.4, 0.5) is 4.79 Å². The second-order valence-corrected chi connectivity index (χ2v) is 5.40. The second-order valence-electron chi connectivity index (χ2n) is 5.40. The molecule has 1 spiro atoms. The molecule has 0 aromatic carbocycles. The molecule has 1 aliphatic heterocycles. The van der Waals surface area contributed by atoms with Gasteiger partial charge in [0.15, 0.2) is 0 Å². The minimum atomic E-state index is -1.05. The predicted octanol–water partition coefficient (Wildman–Crippen LogP) is 1.43. The van der Waals surface area contributed by atoms with Crippen LogP contribution in [0.15, 0.2) is 0 Å². The minimum Gasteiger partial charge on any atom is -0.277 e. The van der Waals surface area contributed by atoms with Crippen LogP contribution >= 0.6 is 0 Å². The van der Waals surface area contributed by atoms with Crippen LogP contribution < -0.4 is 10.6 Å². The lowest BCUT2D eigenvalue weighted by Crippen LogP contribution is -2.65. The molecule has 0 aromatic rings. The fourth-order valence-electron chi connectivity index (χ4n) is 3.84. The molecule has 3 atom stereocenters. The quantitative estimate of drug-likeness (QED) is 0.730. The Morgan fingerprint density at radius 2 is 1.67 bits per heavy atom. The third kappa shape index (κ3) is 1.49. The highest BCUT2D eigenvalue weighted by Crippen LogP contribution is 2.54. The maximum atomic E-state index is 12.3. The number of barbiturate groups is 1. The molecule has 5 nitrogen and oxygen atoms in total.